The predicted molar refractivity (Wildman–Crippen MR) is 82.5 cm³/mol. The summed E-state index contributed by atoms with van der Waals surface area (Å²) in [6, 6.07) is 0. The Bertz CT molecular complexity index is 442. The van der Waals surface area contributed by atoms with E-state index in [0.717, 1.165) is 43.0 Å². The van der Waals surface area contributed by atoms with E-state index < -0.39 is 0 Å². The Morgan fingerprint density at radius 3 is 2.33 bits per heavy atom. The molecule has 118 valence electrons. The summed E-state index contributed by atoms with van der Waals surface area (Å²) in [5.41, 5.74) is 3.01. The molecule has 2 rings (SSSR count). The maximum atomic E-state index is 6.07. The Morgan fingerprint density at radius 1 is 1.19 bits per heavy atom. The second-order valence-corrected chi connectivity index (χ2v) is 5.59. The number of nitrogens with one attached hydrogen (secondary N) is 1. The minimum Gasteiger partial charge on any atom is -0.381 e. The standard InChI is InChI=1S/C16H27N3O2/c1-5-21-16(7-10-20-11-8-16)15-18-12(2)14(6-9-17-4)13(3)19-15/h17H,5-11H2,1-4H3. The largest absolute Gasteiger partial charge is 0.381 e. The van der Waals surface area contributed by atoms with E-state index in [2.05, 4.69) is 19.2 Å². The van der Waals surface area contributed by atoms with Crippen molar-refractivity contribution in [3.63, 3.8) is 0 Å². The average Bonchev–Trinajstić information content (AvgIpc) is 2.47. The zero-order valence-electron chi connectivity index (χ0n) is 13.7. The summed E-state index contributed by atoms with van der Waals surface area (Å²) >= 11 is 0. The highest BCUT2D eigenvalue weighted by molar-refractivity contribution is 5.26. The molecule has 0 atom stereocenters. The van der Waals surface area contributed by atoms with Crippen LogP contribution in [0.15, 0.2) is 0 Å². The number of likely N-dealkylation sites (N-methyl/N-ethyl adjacent to an activating group) is 1. The normalized spacial score (nSPS) is 17.9. The highest BCUT2D eigenvalue weighted by atomic mass is 16.5. The second-order valence-electron chi connectivity index (χ2n) is 5.59. The van der Waals surface area contributed by atoms with Crippen LogP contribution in [0.1, 0.15) is 42.5 Å². The van der Waals surface area contributed by atoms with Gasteiger partial charge in [-0.05, 0) is 46.3 Å². The molecule has 21 heavy (non-hydrogen) atoms. The van der Waals surface area contributed by atoms with Crippen molar-refractivity contribution in [2.24, 2.45) is 0 Å². The molecule has 1 aromatic rings. The highest BCUT2D eigenvalue weighted by Gasteiger charge is 2.38. The molecule has 1 fully saturated rings. The van der Waals surface area contributed by atoms with Crippen molar-refractivity contribution in [1.82, 2.24) is 15.3 Å². The van der Waals surface area contributed by atoms with E-state index >= 15 is 0 Å². The van der Waals surface area contributed by atoms with Crippen molar-refractivity contribution in [2.45, 2.75) is 45.6 Å². The van der Waals surface area contributed by atoms with Crippen LogP contribution in [0.25, 0.3) is 0 Å². The van der Waals surface area contributed by atoms with E-state index in [1.165, 1.54) is 5.56 Å². The van der Waals surface area contributed by atoms with Crippen molar-refractivity contribution in [1.29, 1.82) is 0 Å². The van der Waals surface area contributed by atoms with E-state index in [9.17, 15) is 0 Å². The first-order valence-corrected chi connectivity index (χ1v) is 7.84. The summed E-state index contributed by atoms with van der Waals surface area (Å²) in [6.07, 6.45) is 2.62. The molecule has 0 unspecified atom stereocenters. The topological polar surface area (TPSA) is 56.3 Å². The third-order valence-electron chi connectivity index (χ3n) is 4.17. The summed E-state index contributed by atoms with van der Waals surface area (Å²) in [5.74, 6) is 0.829. The second kappa shape index (κ2) is 7.29. The highest BCUT2D eigenvalue weighted by Crippen LogP contribution is 2.34. The molecule has 2 heterocycles. The minimum atomic E-state index is -0.371. The first-order chi connectivity index (χ1) is 10.1. The van der Waals surface area contributed by atoms with Crippen LogP contribution >= 0.6 is 0 Å². The lowest BCUT2D eigenvalue weighted by atomic mass is 9.92. The quantitative estimate of drug-likeness (QED) is 0.868. The van der Waals surface area contributed by atoms with Crippen molar-refractivity contribution in [3.8, 4) is 0 Å². The molecule has 1 aliphatic rings. The van der Waals surface area contributed by atoms with Gasteiger partial charge in [-0.25, -0.2) is 9.97 Å². The van der Waals surface area contributed by atoms with Crippen LogP contribution in [0.3, 0.4) is 0 Å². The number of nitrogens with zero attached hydrogens (tertiary/aromatic N) is 2. The molecule has 0 radical (unpaired) electrons. The first kappa shape index (κ1) is 16.3. The van der Waals surface area contributed by atoms with Crippen LogP contribution in [0.5, 0.6) is 0 Å². The molecule has 5 heteroatoms. The first-order valence-electron chi connectivity index (χ1n) is 7.84. The zero-order chi connectivity index (χ0) is 15.3. The summed E-state index contributed by atoms with van der Waals surface area (Å²) in [5, 5.41) is 3.18. The van der Waals surface area contributed by atoms with Gasteiger partial charge in [0.05, 0.1) is 0 Å². The Balaban J connectivity index is 2.33. The van der Waals surface area contributed by atoms with Gasteiger partial charge in [0.15, 0.2) is 5.82 Å². The Labute approximate surface area is 127 Å². The fourth-order valence-corrected chi connectivity index (χ4v) is 2.96. The zero-order valence-corrected chi connectivity index (χ0v) is 13.7. The van der Waals surface area contributed by atoms with Gasteiger partial charge < -0.3 is 14.8 Å². The molecule has 0 bridgehead atoms. The molecular formula is C16H27N3O2. The molecule has 0 amide bonds. The number of aryl methyl sites for hydroxylation is 2. The molecule has 0 saturated carbocycles. The van der Waals surface area contributed by atoms with Crippen LogP contribution in [0, 0.1) is 13.8 Å². The molecule has 0 spiro atoms. The summed E-state index contributed by atoms with van der Waals surface area (Å²) in [6.45, 7) is 9.20. The fraction of sp³-hybridized carbons (Fsp3) is 0.750. The third-order valence-corrected chi connectivity index (χ3v) is 4.17. The molecule has 1 N–H and O–H groups in total. The maximum Gasteiger partial charge on any atom is 0.160 e. The number of hydrogen-bond acceptors (Lipinski definition) is 5. The summed E-state index contributed by atoms with van der Waals surface area (Å²) in [4.78, 5) is 9.56. The van der Waals surface area contributed by atoms with Crippen molar-refractivity contribution in [2.75, 3.05) is 33.4 Å². The van der Waals surface area contributed by atoms with Gasteiger partial charge in [0.2, 0.25) is 0 Å². The van der Waals surface area contributed by atoms with Crippen molar-refractivity contribution < 1.29 is 9.47 Å². The van der Waals surface area contributed by atoms with Gasteiger partial charge in [-0.15, -0.1) is 0 Å². The predicted octanol–water partition coefficient (Wildman–Crippen LogP) is 1.90. The molecule has 1 saturated heterocycles. The van der Waals surface area contributed by atoms with Crippen LogP contribution in [0.4, 0.5) is 0 Å². The van der Waals surface area contributed by atoms with Gasteiger partial charge in [-0.3, -0.25) is 0 Å². The molecule has 5 nitrogen and oxygen atoms in total. The van der Waals surface area contributed by atoms with Gasteiger partial charge in [0, 0.05) is 44.1 Å². The number of aromatic nitrogens is 2. The molecule has 0 aromatic carbocycles. The van der Waals surface area contributed by atoms with Crippen molar-refractivity contribution in [3.05, 3.63) is 22.8 Å². The summed E-state index contributed by atoms with van der Waals surface area (Å²) in [7, 11) is 1.96. The van der Waals surface area contributed by atoms with Gasteiger partial charge in [-0.2, -0.15) is 0 Å². The van der Waals surface area contributed by atoms with Crippen LogP contribution in [0.2, 0.25) is 0 Å². The lowest BCUT2D eigenvalue weighted by Crippen LogP contribution is -2.39. The van der Waals surface area contributed by atoms with Gasteiger partial charge >= 0.3 is 0 Å². The Kier molecular flexibility index (Phi) is 5.67. The molecule has 0 aliphatic carbocycles. The van der Waals surface area contributed by atoms with Crippen LogP contribution in [-0.4, -0.2) is 43.4 Å². The Hall–Kier alpha value is -1.04. The number of ether oxygens (including phenoxy) is 2. The molecule has 1 aliphatic heterocycles. The average molecular weight is 293 g/mol. The molecule has 1 aromatic heterocycles. The van der Waals surface area contributed by atoms with E-state index in [1.807, 2.05) is 14.0 Å². The lowest BCUT2D eigenvalue weighted by Gasteiger charge is -2.35. The third kappa shape index (κ3) is 3.59. The SMILES string of the molecule is CCOC1(c2nc(C)c(CCNC)c(C)n2)CCOCC1. The van der Waals surface area contributed by atoms with Gasteiger partial charge in [-0.1, -0.05) is 0 Å². The lowest BCUT2D eigenvalue weighted by molar-refractivity contribution is -0.118. The fourth-order valence-electron chi connectivity index (χ4n) is 2.96. The smallest absolute Gasteiger partial charge is 0.160 e. The molecular weight excluding hydrogens is 266 g/mol. The van der Waals surface area contributed by atoms with Gasteiger partial charge in [0.1, 0.15) is 5.60 Å². The van der Waals surface area contributed by atoms with Crippen LogP contribution in [-0.2, 0) is 21.5 Å². The van der Waals surface area contributed by atoms with Gasteiger partial charge in [0.25, 0.3) is 0 Å². The van der Waals surface area contributed by atoms with Crippen molar-refractivity contribution >= 4 is 0 Å². The van der Waals surface area contributed by atoms with E-state index in [-0.39, 0.29) is 5.60 Å². The summed E-state index contributed by atoms with van der Waals surface area (Å²) < 4.78 is 11.6. The van der Waals surface area contributed by atoms with E-state index in [0.29, 0.717) is 19.8 Å². The Morgan fingerprint density at radius 2 is 1.81 bits per heavy atom. The number of hydrogen-bond donors (Lipinski definition) is 1. The van der Waals surface area contributed by atoms with E-state index in [4.69, 9.17) is 19.4 Å². The van der Waals surface area contributed by atoms with Crippen LogP contribution < -0.4 is 5.32 Å². The minimum absolute atomic E-state index is 0.371. The van der Waals surface area contributed by atoms with E-state index in [1.54, 1.807) is 0 Å². The monoisotopic (exact) mass is 293 g/mol. The maximum absolute atomic E-state index is 6.07. The number of rotatable bonds is 6.